The molecule has 2 atom stereocenters. The fraction of sp³-hybridized carbons (Fsp3) is 0.625. The summed E-state index contributed by atoms with van der Waals surface area (Å²) in [6, 6.07) is 11.2. The normalized spacial score (nSPS) is 22.5. The highest BCUT2D eigenvalue weighted by Crippen LogP contribution is 2.31. The fourth-order valence-electron chi connectivity index (χ4n) is 5.30. The van der Waals surface area contributed by atoms with Crippen LogP contribution in [0.3, 0.4) is 0 Å². The molecular formula is C24H35N3O2. The Morgan fingerprint density at radius 1 is 1.14 bits per heavy atom. The van der Waals surface area contributed by atoms with Gasteiger partial charge in [0.25, 0.3) is 0 Å². The Hall–Kier alpha value is -1.85. The lowest BCUT2D eigenvalue weighted by atomic mass is 9.83. The molecular weight excluding hydrogens is 362 g/mol. The van der Waals surface area contributed by atoms with Crippen LogP contribution < -0.4 is 0 Å². The Kier molecular flexibility index (Phi) is 6.88. The minimum Gasteiger partial charge on any atom is -0.383 e. The zero-order valence-corrected chi connectivity index (χ0v) is 17.8. The van der Waals surface area contributed by atoms with Crippen molar-refractivity contribution < 1.29 is 9.53 Å². The first kappa shape index (κ1) is 20.4. The summed E-state index contributed by atoms with van der Waals surface area (Å²) < 4.78 is 7.52. The van der Waals surface area contributed by atoms with E-state index < -0.39 is 0 Å². The lowest BCUT2D eigenvalue weighted by molar-refractivity contribution is -0.133. The van der Waals surface area contributed by atoms with Gasteiger partial charge in [-0.1, -0.05) is 24.6 Å². The van der Waals surface area contributed by atoms with Gasteiger partial charge in [0.15, 0.2) is 0 Å². The van der Waals surface area contributed by atoms with Crippen LogP contribution in [-0.4, -0.2) is 66.2 Å². The molecule has 1 aromatic heterocycles. The molecule has 158 valence electrons. The molecule has 4 rings (SSSR count). The average molecular weight is 398 g/mol. The molecule has 2 aliphatic heterocycles. The number of fused-ring (bicyclic) bond motifs is 2. The number of nitrogens with zero attached hydrogens (tertiary/aromatic N) is 3. The van der Waals surface area contributed by atoms with Gasteiger partial charge in [-0.25, -0.2) is 0 Å². The second-order valence-electron chi connectivity index (χ2n) is 8.65. The zero-order valence-electron chi connectivity index (χ0n) is 17.8. The summed E-state index contributed by atoms with van der Waals surface area (Å²) in [5, 5.41) is 1.23. The zero-order chi connectivity index (χ0) is 20.1. The summed E-state index contributed by atoms with van der Waals surface area (Å²) in [7, 11) is 1.72. The van der Waals surface area contributed by atoms with Crippen molar-refractivity contribution in [1.82, 2.24) is 14.4 Å². The van der Waals surface area contributed by atoms with Crippen molar-refractivity contribution in [3.8, 4) is 0 Å². The van der Waals surface area contributed by atoms with Crippen molar-refractivity contribution in [2.75, 3.05) is 39.9 Å². The molecule has 1 amide bonds. The number of carbonyl (C=O) groups is 1. The van der Waals surface area contributed by atoms with E-state index in [0.29, 0.717) is 31.5 Å². The van der Waals surface area contributed by atoms with Crippen LogP contribution in [0.1, 0.15) is 38.5 Å². The summed E-state index contributed by atoms with van der Waals surface area (Å²) in [5.41, 5.74) is 1.20. The molecule has 0 unspecified atom stereocenters. The number of rotatable bonds is 8. The smallest absolute Gasteiger partial charge is 0.224 e. The van der Waals surface area contributed by atoms with Crippen LogP contribution in [0, 0.1) is 5.92 Å². The largest absolute Gasteiger partial charge is 0.383 e. The van der Waals surface area contributed by atoms with Crippen molar-refractivity contribution in [3.05, 3.63) is 36.5 Å². The monoisotopic (exact) mass is 397 g/mol. The van der Waals surface area contributed by atoms with E-state index in [1.807, 2.05) is 0 Å². The predicted molar refractivity (Wildman–Crippen MR) is 117 cm³/mol. The number of aromatic nitrogens is 1. The number of hydrogen-bond acceptors (Lipinski definition) is 3. The van der Waals surface area contributed by atoms with Crippen LogP contribution in [0.15, 0.2) is 36.5 Å². The van der Waals surface area contributed by atoms with E-state index in [4.69, 9.17) is 4.74 Å². The molecule has 29 heavy (non-hydrogen) atoms. The average Bonchev–Trinajstić information content (AvgIpc) is 3.18. The number of aryl methyl sites for hydroxylation is 1. The van der Waals surface area contributed by atoms with Gasteiger partial charge in [0.1, 0.15) is 0 Å². The maximum Gasteiger partial charge on any atom is 0.224 e. The van der Waals surface area contributed by atoms with Crippen molar-refractivity contribution in [3.63, 3.8) is 0 Å². The molecule has 3 heterocycles. The summed E-state index contributed by atoms with van der Waals surface area (Å²) in [6.45, 7) is 5.41. The highest BCUT2D eigenvalue weighted by Gasteiger charge is 2.34. The van der Waals surface area contributed by atoms with E-state index in [1.165, 1.54) is 56.1 Å². The maximum atomic E-state index is 13.2. The van der Waals surface area contributed by atoms with Crippen LogP contribution in [0.2, 0.25) is 0 Å². The molecule has 2 aliphatic rings. The van der Waals surface area contributed by atoms with Crippen LogP contribution in [-0.2, 0) is 16.1 Å². The molecule has 2 aromatic rings. The molecule has 2 saturated heterocycles. The number of para-hydroxylation sites is 1. The quantitative estimate of drug-likeness (QED) is 0.680. The standard InChI is InChI=1S/C24H35N3O2/c1-29-18-17-27(19-21-8-6-14-25-13-5-4-10-23(21)25)24(28)12-16-26-15-11-20-7-2-3-9-22(20)26/h2-3,7,9,11,15,21,23H,4-6,8,10,12-14,16-19H2,1H3/t21-,23+/m0/s1. The Morgan fingerprint density at radius 2 is 2.00 bits per heavy atom. The molecule has 0 N–H and O–H groups in total. The molecule has 0 saturated carbocycles. The molecule has 0 bridgehead atoms. The van der Waals surface area contributed by atoms with Crippen LogP contribution in [0.4, 0.5) is 0 Å². The molecule has 1 aromatic carbocycles. The molecule has 0 spiro atoms. The third-order valence-corrected chi connectivity index (χ3v) is 6.85. The second-order valence-corrected chi connectivity index (χ2v) is 8.65. The number of ether oxygens (including phenoxy) is 1. The minimum absolute atomic E-state index is 0.257. The van der Waals surface area contributed by atoms with Gasteiger partial charge in [0.05, 0.1) is 6.61 Å². The Morgan fingerprint density at radius 3 is 2.90 bits per heavy atom. The van der Waals surface area contributed by atoms with Gasteiger partial charge >= 0.3 is 0 Å². The van der Waals surface area contributed by atoms with Crippen LogP contribution >= 0.6 is 0 Å². The van der Waals surface area contributed by atoms with E-state index in [9.17, 15) is 4.79 Å². The molecule has 0 radical (unpaired) electrons. The second kappa shape index (κ2) is 9.77. The van der Waals surface area contributed by atoms with Gasteiger partial charge in [-0.3, -0.25) is 4.79 Å². The number of carbonyl (C=O) groups excluding carboxylic acids is 1. The Balaban J connectivity index is 1.39. The van der Waals surface area contributed by atoms with Gasteiger partial charge in [-0.05, 0) is 62.2 Å². The number of benzene rings is 1. The number of hydrogen-bond donors (Lipinski definition) is 0. The van der Waals surface area contributed by atoms with Gasteiger partial charge in [0, 0.05) is 50.9 Å². The van der Waals surface area contributed by atoms with Gasteiger partial charge in [0.2, 0.25) is 5.91 Å². The molecule has 5 heteroatoms. The third kappa shape index (κ3) is 4.84. The number of piperidine rings is 2. The van der Waals surface area contributed by atoms with E-state index in [2.05, 4.69) is 50.9 Å². The summed E-state index contributed by atoms with van der Waals surface area (Å²) in [6.07, 6.45) is 9.13. The number of methoxy groups -OCH3 is 1. The van der Waals surface area contributed by atoms with E-state index in [1.54, 1.807) is 7.11 Å². The van der Waals surface area contributed by atoms with E-state index in [0.717, 1.165) is 13.1 Å². The summed E-state index contributed by atoms with van der Waals surface area (Å²) >= 11 is 0. The highest BCUT2D eigenvalue weighted by atomic mass is 16.5. The first-order valence-corrected chi connectivity index (χ1v) is 11.3. The topological polar surface area (TPSA) is 37.7 Å². The van der Waals surface area contributed by atoms with Crippen LogP contribution in [0.25, 0.3) is 10.9 Å². The predicted octanol–water partition coefficient (Wildman–Crippen LogP) is 3.77. The Labute approximate surface area is 174 Å². The first-order chi connectivity index (χ1) is 14.3. The van der Waals surface area contributed by atoms with Gasteiger partial charge in [-0.2, -0.15) is 0 Å². The van der Waals surface area contributed by atoms with Crippen LogP contribution in [0.5, 0.6) is 0 Å². The highest BCUT2D eigenvalue weighted by molar-refractivity contribution is 5.80. The molecule has 2 fully saturated rings. The van der Waals surface area contributed by atoms with Gasteiger partial charge < -0.3 is 19.1 Å². The molecule has 0 aliphatic carbocycles. The fourth-order valence-corrected chi connectivity index (χ4v) is 5.30. The van der Waals surface area contributed by atoms with Crippen molar-refractivity contribution >= 4 is 16.8 Å². The van der Waals surface area contributed by atoms with Crippen molar-refractivity contribution in [2.24, 2.45) is 5.92 Å². The molecule has 5 nitrogen and oxygen atoms in total. The van der Waals surface area contributed by atoms with Crippen molar-refractivity contribution in [2.45, 2.75) is 51.1 Å². The first-order valence-electron chi connectivity index (χ1n) is 11.3. The lowest BCUT2D eigenvalue weighted by Crippen LogP contribution is -2.52. The number of amides is 1. The third-order valence-electron chi connectivity index (χ3n) is 6.85. The van der Waals surface area contributed by atoms with Gasteiger partial charge in [-0.15, -0.1) is 0 Å². The van der Waals surface area contributed by atoms with E-state index >= 15 is 0 Å². The van der Waals surface area contributed by atoms with E-state index in [-0.39, 0.29) is 5.91 Å². The lowest BCUT2D eigenvalue weighted by Gasteiger charge is -2.45. The SMILES string of the molecule is COCCN(C[C@@H]1CCCN2CCCC[C@H]12)C(=O)CCn1ccc2ccccc21. The summed E-state index contributed by atoms with van der Waals surface area (Å²) in [4.78, 5) is 17.9. The summed E-state index contributed by atoms with van der Waals surface area (Å²) in [5.74, 6) is 0.866. The maximum absolute atomic E-state index is 13.2. The van der Waals surface area contributed by atoms with Crippen molar-refractivity contribution in [1.29, 1.82) is 0 Å². The minimum atomic E-state index is 0.257. The Bertz CT molecular complexity index is 800.